The molecule has 0 spiro atoms. The third-order valence-corrected chi connectivity index (χ3v) is 1.51. The minimum atomic E-state index is -0.106. The van der Waals surface area contributed by atoms with Crippen molar-refractivity contribution in [1.82, 2.24) is 0 Å². The van der Waals surface area contributed by atoms with E-state index in [1.807, 2.05) is 13.8 Å². The van der Waals surface area contributed by atoms with Crippen molar-refractivity contribution >= 4 is 5.97 Å². The van der Waals surface area contributed by atoms with Crippen molar-refractivity contribution in [3.63, 3.8) is 0 Å². The lowest BCUT2D eigenvalue weighted by Crippen LogP contribution is -2.13. The van der Waals surface area contributed by atoms with E-state index in [0.29, 0.717) is 0 Å². The van der Waals surface area contributed by atoms with Gasteiger partial charge in [0.15, 0.2) is 6.79 Å². The molecule has 1 aliphatic rings. The van der Waals surface area contributed by atoms with E-state index in [-0.39, 0.29) is 24.8 Å². The molecule has 0 atom stereocenters. The summed E-state index contributed by atoms with van der Waals surface area (Å²) in [6.07, 6.45) is 2.10. The van der Waals surface area contributed by atoms with Gasteiger partial charge in [0.1, 0.15) is 0 Å². The van der Waals surface area contributed by atoms with Gasteiger partial charge in [-0.15, -0.1) is 0 Å². The van der Waals surface area contributed by atoms with Crippen LogP contribution in [0.4, 0.5) is 0 Å². The first-order valence-electron chi connectivity index (χ1n) is 3.98. The second-order valence-corrected chi connectivity index (χ2v) is 3.07. The minimum Gasteiger partial charge on any atom is -0.438 e. The standard InChI is InChI=1S/C8H14O3/c1-6(2)10-5-11-8(9)7-3-4-7/h6-7H,3-5H2,1-2H3. The molecule has 0 bridgehead atoms. The molecule has 0 amide bonds. The zero-order valence-electron chi connectivity index (χ0n) is 7.00. The van der Waals surface area contributed by atoms with Gasteiger partial charge in [0.25, 0.3) is 0 Å². The maximum atomic E-state index is 10.9. The van der Waals surface area contributed by atoms with Crippen molar-refractivity contribution in [3.05, 3.63) is 0 Å². The van der Waals surface area contributed by atoms with E-state index in [0.717, 1.165) is 12.8 Å². The monoisotopic (exact) mass is 158 g/mol. The van der Waals surface area contributed by atoms with Gasteiger partial charge >= 0.3 is 5.97 Å². The summed E-state index contributed by atoms with van der Waals surface area (Å²) in [7, 11) is 0. The molecule has 0 saturated heterocycles. The minimum absolute atomic E-state index is 0.104. The highest BCUT2D eigenvalue weighted by atomic mass is 16.7. The number of carbonyl (C=O) groups is 1. The summed E-state index contributed by atoms with van der Waals surface area (Å²) in [5.41, 5.74) is 0. The third kappa shape index (κ3) is 3.37. The Morgan fingerprint density at radius 2 is 2.18 bits per heavy atom. The average molecular weight is 158 g/mol. The Bertz CT molecular complexity index is 138. The molecule has 3 heteroatoms. The molecule has 11 heavy (non-hydrogen) atoms. The molecular weight excluding hydrogens is 144 g/mol. The molecule has 1 saturated carbocycles. The molecule has 1 rings (SSSR count). The van der Waals surface area contributed by atoms with Crippen molar-refractivity contribution in [3.8, 4) is 0 Å². The van der Waals surface area contributed by atoms with Crippen LogP contribution >= 0.6 is 0 Å². The van der Waals surface area contributed by atoms with Crippen LogP contribution in [0.3, 0.4) is 0 Å². The van der Waals surface area contributed by atoms with Gasteiger partial charge in [-0.3, -0.25) is 4.79 Å². The SMILES string of the molecule is CC(C)OCOC(=O)C1CC1. The fourth-order valence-corrected chi connectivity index (χ4v) is 0.665. The zero-order chi connectivity index (χ0) is 8.27. The molecule has 0 radical (unpaired) electrons. The number of hydrogen-bond donors (Lipinski definition) is 0. The van der Waals surface area contributed by atoms with E-state index in [2.05, 4.69) is 0 Å². The smallest absolute Gasteiger partial charge is 0.311 e. The maximum absolute atomic E-state index is 10.9. The first-order valence-corrected chi connectivity index (χ1v) is 3.98. The van der Waals surface area contributed by atoms with Crippen molar-refractivity contribution in [2.24, 2.45) is 5.92 Å². The Labute approximate surface area is 66.7 Å². The maximum Gasteiger partial charge on any atom is 0.311 e. The average Bonchev–Trinajstić information content (AvgIpc) is 2.66. The summed E-state index contributed by atoms with van der Waals surface area (Å²) in [4.78, 5) is 10.9. The second-order valence-electron chi connectivity index (χ2n) is 3.07. The van der Waals surface area contributed by atoms with Gasteiger partial charge in [-0.1, -0.05) is 0 Å². The highest BCUT2D eigenvalue weighted by Gasteiger charge is 2.31. The van der Waals surface area contributed by atoms with Crippen LogP contribution in [0.1, 0.15) is 26.7 Å². The number of ether oxygens (including phenoxy) is 2. The molecule has 1 aliphatic carbocycles. The number of carbonyl (C=O) groups excluding carboxylic acids is 1. The molecule has 3 nitrogen and oxygen atoms in total. The van der Waals surface area contributed by atoms with Crippen molar-refractivity contribution in [1.29, 1.82) is 0 Å². The Balaban J connectivity index is 1.97. The highest BCUT2D eigenvalue weighted by Crippen LogP contribution is 2.29. The van der Waals surface area contributed by atoms with Gasteiger partial charge < -0.3 is 9.47 Å². The molecule has 0 aromatic heterocycles. The summed E-state index contributed by atoms with van der Waals surface area (Å²) < 4.78 is 9.86. The Kier molecular flexibility index (Phi) is 2.88. The van der Waals surface area contributed by atoms with Crippen LogP contribution in [0.5, 0.6) is 0 Å². The molecule has 1 fully saturated rings. The molecule has 0 unspecified atom stereocenters. The normalized spacial score (nSPS) is 17.0. The summed E-state index contributed by atoms with van der Waals surface area (Å²) in [6.45, 7) is 3.92. The van der Waals surface area contributed by atoms with Crippen LogP contribution < -0.4 is 0 Å². The Morgan fingerprint density at radius 3 is 2.64 bits per heavy atom. The highest BCUT2D eigenvalue weighted by molar-refractivity contribution is 5.74. The zero-order valence-corrected chi connectivity index (χ0v) is 7.00. The van der Waals surface area contributed by atoms with E-state index in [1.165, 1.54) is 0 Å². The molecule has 0 aromatic carbocycles. The molecule has 0 N–H and O–H groups in total. The summed E-state index contributed by atoms with van der Waals surface area (Å²) in [5.74, 6) is 0.0661. The Hall–Kier alpha value is -0.570. The fourth-order valence-electron chi connectivity index (χ4n) is 0.665. The molecule has 64 valence electrons. The van der Waals surface area contributed by atoms with E-state index in [4.69, 9.17) is 9.47 Å². The molecule has 0 aromatic rings. The van der Waals surface area contributed by atoms with Crippen LogP contribution in [0.2, 0.25) is 0 Å². The third-order valence-electron chi connectivity index (χ3n) is 1.51. The van der Waals surface area contributed by atoms with Gasteiger partial charge in [0.05, 0.1) is 12.0 Å². The lowest BCUT2D eigenvalue weighted by Gasteiger charge is -2.07. The quantitative estimate of drug-likeness (QED) is 0.457. The largest absolute Gasteiger partial charge is 0.438 e. The van der Waals surface area contributed by atoms with Crippen molar-refractivity contribution in [2.45, 2.75) is 32.8 Å². The Morgan fingerprint density at radius 1 is 1.55 bits per heavy atom. The molecule has 0 heterocycles. The number of esters is 1. The van der Waals surface area contributed by atoms with Gasteiger partial charge in [0.2, 0.25) is 0 Å². The van der Waals surface area contributed by atoms with Gasteiger partial charge in [-0.2, -0.15) is 0 Å². The van der Waals surface area contributed by atoms with Crippen LogP contribution in [-0.4, -0.2) is 18.9 Å². The van der Waals surface area contributed by atoms with E-state index >= 15 is 0 Å². The van der Waals surface area contributed by atoms with Crippen molar-refractivity contribution < 1.29 is 14.3 Å². The van der Waals surface area contributed by atoms with Crippen LogP contribution in [0, 0.1) is 5.92 Å². The molecule has 0 aliphatic heterocycles. The lowest BCUT2D eigenvalue weighted by atomic mass is 10.4. The first-order chi connectivity index (χ1) is 5.20. The lowest BCUT2D eigenvalue weighted by molar-refractivity contribution is -0.160. The van der Waals surface area contributed by atoms with E-state index in [9.17, 15) is 4.79 Å². The van der Waals surface area contributed by atoms with Crippen LogP contribution in [-0.2, 0) is 14.3 Å². The van der Waals surface area contributed by atoms with Gasteiger partial charge in [-0.05, 0) is 26.7 Å². The molecular formula is C8H14O3. The summed E-state index contributed by atoms with van der Waals surface area (Å²) in [5, 5.41) is 0. The van der Waals surface area contributed by atoms with Crippen LogP contribution in [0.25, 0.3) is 0 Å². The first kappa shape index (κ1) is 8.53. The predicted molar refractivity (Wildman–Crippen MR) is 39.9 cm³/mol. The second kappa shape index (κ2) is 3.72. The topological polar surface area (TPSA) is 35.5 Å². The predicted octanol–water partition coefficient (Wildman–Crippen LogP) is 1.32. The van der Waals surface area contributed by atoms with E-state index < -0.39 is 0 Å². The van der Waals surface area contributed by atoms with Crippen LogP contribution in [0.15, 0.2) is 0 Å². The number of rotatable bonds is 4. The van der Waals surface area contributed by atoms with Gasteiger partial charge in [0, 0.05) is 0 Å². The fraction of sp³-hybridized carbons (Fsp3) is 0.875. The number of hydrogen-bond acceptors (Lipinski definition) is 3. The van der Waals surface area contributed by atoms with Crippen molar-refractivity contribution in [2.75, 3.05) is 6.79 Å². The summed E-state index contributed by atoms with van der Waals surface area (Å²) >= 11 is 0. The summed E-state index contributed by atoms with van der Waals surface area (Å²) in [6, 6.07) is 0. The van der Waals surface area contributed by atoms with Gasteiger partial charge in [-0.25, -0.2) is 0 Å². The van der Waals surface area contributed by atoms with E-state index in [1.54, 1.807) is 0 Å².